The Balaban J connectivity index is 1.81. The van der Waals surface area contributed by atoms with Gasteiger partial charge in [0.2, 0.25) is 5.82 Å². The van der Waals surface area contributed by atoms with Gasteiger partial charge in [0.1, 0.15) is 11.9 Å². The van der Waals surface area contributed by atoms with Gasteiger partial charge >= 0.3 is 5.82 Å². The van der Waals surface area contributed by atoms with Gasteiger partial charge in [-0.1, -0.05) is 23.5 Å². The molecule has 0 aliphatic rings. The summed E-state index contributed by atoms with van der Waals surface area (Å²) in [6.07, 6.45) is 1.58. The smallest absolute Gasteiger partial charge is 0.377 e. The summed E-state index contributed by atoms with van der Waals surface area (Å²) < 4.78 is 6.54. The molecule has 3 heterocycles. The molecule has 4 rings (SSSR count). The molecular formula is C13H9N7O3S. The van der Waals surface area contributed by atoms with E-state index in [2.05, 4.69) is 20.4 Å². The van der Waals surface area contributed by atoms with Crippen molar-refractivity contribution in [3.05, 3.63) is 46.0 Å². The van der Waals surface area contributed by atoms with Crippen LogP contribution in [0.4, 0.5) is 5.82 Å². The van der Waals surface area contributed by atoms with Crippen LogP contribution in [0.25, 0.3) is 22.2 Å². The average molecular weight is 343 g/mol. The molecule has 0 saturated heterocycles. The molecule has 0 aliphatic heterocycles. The molecule has 120 valence electrons. The highest BCUT2D eigenvalue weighted by Gasteiger charge is 2.27. The van der Waals surface area contributed by atoms with E-state index in [1.54, 1.807) is 43.0 Å². The van der Waals surface area contributed by atoms with Gasteiger partial charge in [-0.2, -0.15) is 9.38 Å². The molecule has 11 heteroatoms. The maximum atomic E-state index is 11.4. The number of nitrogens with zero attached hydrogens (tertiary/aromatic N) is 7. The molecular weight excluding hydrogens is 334 g/mol. The van der Waals surface area contributed by atoms with Crippen molar-refractivity contribution >= 4 is 22.1 Å². The lowest BCUT2D eigenvalue weighted by Crippen LogP contribution is -2.04. The molecule has 0 fully saturated rings. The Labute approximate surface area is 138 Å². The summed E-state index contributed by atoms with van der Waals surface area (Å²) in [5, 5.41) is 25.1. The second-order valence-corrected chi connectivity index (χ2v) is 5.58. The SMILES string of the molecule is COc1cccc(-c2nnn(-c3nc4sccn4c3[N+](=O)[O-])n2)c1. The first kappa shape index (κ1) is 14.3. The highest BCUT2D eigenvalue weighted by Crippen LogP contribution is 2.27. The molecule has 0 bridgehead atoms. The number of tetrazole rings is 1. The Morgan fingerprint density at radius 1 is 1.38 bits per heavy atom. The molecule has 10 nitrogen and oxygen atoms in total. The lowest BCUT2D eigenvalue weighted by atomic mass is 10.2. The summed E-state index contributed by atoms with van der Waals surface area (Å²) in [7, 11) is 1.56. The summed E-state index contributed by atoms with van der Waals surface area (Å²) >= 11 is 1.28. The minimum Gasteiger partial charge on any atom is -0.497 e. The van der Waals surface area contributed by atoms with Crippen molar-refractivity contribution in [2.24, 2.45) is 0 Å². The lowest BCUT2D eigenvalue weighted by Gasteiger charge is -2.00. The monoisotopic (exact) mass is 343 g/mol. The van der Waals surface area contributed by atoms with Gasteiger partial charge in [-0.25, -0.2) is 0 Å². The second-order valence-electron chi connectivity index (χ2n) is 4.71. The normalized spacial score (nSPS) is 11.0. The van der Waals surface area contributed by atoms with E-state index in [0.29, 0.717) is 22.1 Å². The standard InChI is InChI=1S/C13H9N7O3S/c1-23-9-4-2-3-8(7-9)10-15-17-19(16-10)11-12(20(21)22)18-5-6-24-13(18)14-11/h2-7H,1H3. The maximum absolute atomic E-state index is 11.4. The van der Waals surface area contributed by atoms with Crippen LogP contribution < -0.4 is 4.74 Å². The number of ether oxygens (including phenoxy) is 1. The highest BCUT2D eigenvalue weighted by molar-refractivity contribution is 7.15. The van der Waals surface area contributed by atoms with Crippen LogP contribution in [0.1, 0.15) is 0 Å². The van der Waals surface area contributed by atoms with Crippen molar-refractivity contribution in [2.75, 3.05) is 7.11 Å². The molecule has 0 unspecified atom stereocenters. The Morgan fingerprint density at radius 3 is 3.04 bits per heavy atom. The quantitative estimate of drug-likeness (QED) is 0.411. The van der Waals surface area contributed by atoms with Crippen LogP contribution in [0.15, 0.2) is 35.8 Å². The zero-order valence-corrected chi connectivity index (χ0v) is 13.0. The number of nitro groups is 1. The van der Waals surface area contributed by atoms with E-state index in [4.69, 9.17) is 4.74 Å². The predicted octanol–water partition coefficient (Wildman–Crippen LogP) is 1.96. The summed E-state index contributed by atoms with van der Waals surface area (Å²) in [5.74, 6) is 0.784. The first-order valence-corrected chi connectivity index (χ1v) is 7.60. The fourth-order valence-electron chi connectivity index (χ4n) is 2.25. The van der Waals surface area contributed by atoms with Crippen LogP contribution in [-0.2, 0) is 0 Å². The number of methoxy groups -OCH3 is 1. The van der Waals surface area contributed by atoms with Crippen LogP contribution in [0.3, 0.4) is 0 Å². The molecule has 0 saturated carbocycles. The summed E-state index contributed by atoms with van der Waals surface area (Å²) in [5.41, 5.74) is 0.685. The van der Waals surface area contributed by atoms with E-state index < -0.39 is 4.92 Å². The average Bonchev–Trinajstić information content (AvgIpc) is 3.28. The molecule has 0 N–H and O–H groups in total. The number of hydrogen-bond donors (Lipinski definition) is 0. The van der Waals surface area contributed by atoms with Gasteiger partial charge in [0.15, 0.2) is 0 Å². The number of thiazole rings is 1. The maximum Gasteiger partial charge on any atom is 0.377 e. The van der Waals surface area contributed by atoms with Crippen molar-refractivity contribution in [3.8, 4) is 23.0 Å². The van der Waals surface area contributed by atoms with Crippen LogP contribution in [-0.4, -0.2) is 41.6 Å². The van der Waals surface area contributed by atoms with Gasteiger partial charge in [-0.05, 0) is 22.3 Å². The molecule has 0 atom stereocenters. The van der Waals surface area contributed by atoms with Gasteiger partial charge < -0.3 is 14.9 Å². The van der Waals surface area contributed by atoms with E-state index in [1.165, 1.54) is 15.7 Å². The van der Waals surface area contributed by atoms with E-state index in [0.717, 1.165) is 4.80 Å². The van der Waals surface area contributed by atoms with Crippen molar-refractivity contribution in [1.29, 1.82) is 0 Å². The third-order valence-electron chi connectivity index (χ3n) is 3.32. The van der Waals surface area contributed by atoms with Gasteiger partial charge in [0.05, 0.1) is 7.11 Å². The predicted molar refractivity (Wildman–Crippen MR) is 84.4 cm³/mol. The number of hydrogen-bond acceptors (Lipinski definition) is 8. The highest BCUT2D eigenvalue weighted by atomic mass is 32.1. The third-order valence-corrected chi connectivity index (χ3v) is 4.08. The van der Waals surface area contributed by atoms with Crippen molar-refractivity contribution in [1.82, 2.24) is 29.6 Å². The molecule has 0 aliphatic carbocycles. The fourth-order valence-corrected chi connectivity index (χ4v) is 2.95. The second kappa shape index (κ2) is 5.38. The molecule has 3 aromatic heterocycles. The van der Waals surface area contributed by atoms with E-state index >= 15 is 0 Å². The van der Waals surface area contributed by atoms with Crippen LogP contribution in [0.2, 0.25) is 0 Å². The molecule has 24 heavy (non-hydrogen) atoms. The first-order chi connectivity index (χ1) is 11.7. The van der Waals surface area contributed by atoms with Crippen LogP contribution in [0.5, 0.6) is 5.75 Å². The number of rotatable bonds is 4. The van der Waals surface area contributed by atoms with Gasteiger partial charge in [-0.3, -0.25) is 0 Å². The third kappa shape index (κ3) is 2.18. The largest absolute Gasteiger partial charge is 0.497 e. The summed E-state index contributed by atoms with van der Waals surface area (Å²) in [6.45, 7) is 0. The molecule has 0 radical (unpaired) electrons. The van der Waals surface area contributed by atoms with Crippen molar-refractivity contribution < 1.29 is 9.66 Å². The minimum absolute atomic E-state index is 0.0218. The van der Waals surface area contributed by atoms with E-state index in [1.807, 2.05) is 0 Å². The Bertz CT molecular complexity index is 1050. The van der Waals surface area contributed by atoms with Crippen LogP contribution in [0, 0.1) is 10.1 Å². The zero-order valence-electron chi connectivity index (χ0n) is 12.2. The number of aromatic nitrogens is 6. The number of fused-ring (bicyclic) bond motifs is 1. The lowest BCUT2D eigenvalue weighted by molar-refractivity contribution is -0.390. The topological polar surface area (TPSA) is 113 Å². The Hall–Kier alpha value is -3.34. The van der Waals surface area contributed by atoms with Crippen LogP contribution >= 0.6 is 11.3 Å². The Kier molecular flexibility index (Phi) is 3.20. The molecule has 0 amide bonds. The molecule has 0 spiro atoms. The summed E-state index contributed by atoms with van der Waals surface area (Å²) in [4.78, 5) is 16.6. The van der Waals surface area contributed by atoms with E-state index in [9.17, 15) is 10.1 Å². The van der Waals surface area contributed by atoms with E-state index in [-0.39, 0.29) is 11.6 Å². The van der Waals surface area contributed by atoms with Crippen molar-refractivity contribution in [3.63, 3.8) is 0 Å². The first-order valence-electron chi connectivity index (χ1n) is 6.72. The molecule has 1 aromatic carbocycles. The van der Waals surface area contributed by atoms with Crippen molar-refractivity contribution in [2.45, 2.75) is 0 Å². The minimum atomic E-state index is -0.517. The Morgan fingerprint density at radius 2 is 2.25 bits per heavy atom. The molecule has 4 aromatic rings. The summed E-state index contributed by atoms with van der Waals surface area (Å²) in [6, 6.07) is 7.14. The fraction of sp³-hybridized carbons (Fsp3) is 0.0769. The van der Waals surface area contributed by atoms with Gasteiger partial charge in [0.25, 0.3) is 10.8 Å². The van der Waals surface area contributed by atoms with Gasteiger partial charge in [0, 0.05) is 10.9 Å². The zero-order chi connectivity index (χ0) is 16.7. The number of benzene rings is 1. The van der Waals surface area contributed by atoms with Gasteiger partial charge in [-0.15, -0.1) is 15.0 Å². The number of imidazole rings is 1.